The van der Waals surface area contributed by atoms with Crippen molar-refractivity contribution in [3.05, 3.63) is 66.7 Å². The first-order valence-corrected chi connectivity index (χ1v) is 12.1. The van der Waals surface area contributed by atoms with Gasteiger partial charge in [0.25, 0.3) is 0 Å². The number of unbranched alkanes of at least 4 members (excludes halogenated alkanes) is 3. The largest absolute Gasteiger partial charge is 0.505 e. The SMILES string of the molecule is C=Cc1c(O)c(Nc2ccc(NCC)cc2)cc(Nc2ccc(NCCCCCCO)cc2)c1O. The summed E-state index contributed by atoms with van der Waals surface area (Å²) in [5, 5.41) is 43.4. The fraction of sp³-hybridized carbons (Fsp3) is 0.286. The third-order valence-corrected chi connectivity index (χ3v) is 5.64. The number of nitrogens with one attached hydrogen (secondary N) is 4. The second-order valence-electron chi connectivity index (χ2n) is 8.29. The van der Waals surface area contributed by atoms with Crippen molar-refractivity contribution in [3.8, 4) is 11.5 Å². The van der Waals surface area contributed by atoms with Gasteiger partial charge >= 0.3 is 0 Å². The van der Waals surface area contributed by atoms with Gasteiger partial charge in [-0.15, -0.1) is 0 Å². The van der Waals surface area contributed by atoms with Crippen LogP contribution in [-0.4, -0.2) is 35.0 Å². The van der Waals surface area contributed by atoms with E-state index in [0.717, 1.165) is 61.5 Å². The molecule has 0 amide bonds. The van der Waals surface area contributed by atoms with E-state index in [0.29, 0.717) is 11.4 Å². The number of rotatable bonds is 14. The molecule has 186 valence electrons. The quantitative estimate of drug-likeness (QED) is 0.0795. The van der Waals surface area contributed by atoms with E-state index in [-0.39, 0.29) is 23.7 Å². The minimum Gasteiger partial charge on any atom is -0.505 e. The molecule has 3 aromatic carbocycles. The van der Waals surface area contributed by atoms with Crippen LogP contribution in [0, 0.1) is 0 Å². The van der Waals surface area contributed by atoms with Crippen LogP contribution in [0.3, 0.4) is 0 Å². The topological polar surface area (TPSA) is 109 Å². The Labute approximate surface area is 207 Å². The highest BCUT2D eigenvalue weighted by Gasteiger charge is 2.16. The fourth-order valence-electron chi connectivity index (χ4n) is 3.75. The summed E-state index contributed by atoms with van der Waals surface area (Å²) in [6.45, 7) is 7.76. The van der Waals surface area contributed by atoms with Crippen molar-refractivity contribution in [1.82, 2.24) is 0 Å². The first-order chi connectivity index (χ1) is 17.0. The van der Waals surface area contributed by atoms with Gasteiger partial charge in [0.2, 0.25) is 0 Å². The highest BCUT2D eigenvalue weighted by Crippen LogP contribution is 2.43. The molecule has 35 heavy (non-hydrogen) atoms. The minimum atomic E-state index is -0.0735. The average Bonchev–Trinajstić information content (AvgIpc) is 2.87. The van der Waals surface area contributed by atoms with Gasteiger partial charge in [-0.1, -0.05) is 25.5 Å². The molecule has 0 fully saturated rings. The van der Waals surface area contributed by atoms with Crippen molar-refractivity contribution in [2.75, 3.05) is 41.0 Å². The predicted octanol–water partition coefficient (Wildman–Crippen LogP) is 6.62. The maximum atomic E-state index is 10.7. The number of aliphatic hydroxyl groups excluding tert-OH is 1. The molecule has 7 N–H and O–H groups in total. The summed E-state index contributed by atoms with van der Waals surface area (Å²) in [6, 6.07) is 17.3. The van der Waals surface area contributed by atoms with E-state index in [9.17, 15) is 10.2 Å². The van der Waals surface area contributed by atoms with E-state index < -0.39 is 0 Å². The molecular weight excluding hydrogens is 440 g/mol. The molecule has 0 radical (unpaired) electrons. The third-order valence-electron chi connectivity index (χ3n) is 5.64. The van der Waals surface area contributed by atoms with E-state index in [1.807, 2.05) is 55.5 Å². The summed E-state index contributed by atoms with van der Waals surface area (Å²) in [5.74, 6) is -0.145. The molecule has 3 rings (SSSR count). The molecule has 0 heterocycles. The Morgan fingerprint density at radius 1 is 0.714 bits per heavy atom. The second-order valence-corrected chi connectivity index (χ2v) is 8.29. The van der Waals surface area contributed by atoms with Crippen molar-refractivity contribution in [1.29, 1.82) is 0 Å². The van der Waals surface area contributed by atoms with Gasteiger partial charge in [0.15, 0.2) is 0 Å². The molecule has 0 saturated heterocycles. The number of hydrogen-bond acceptors (Lipinski definition) is 7. The van der Waals surface area contributed by atoms with Crippen molar-refractivity contribution in [2.24, 2.45) is 0 Å². The smallest absolute Gasteiger partial charge is 0.150 e. The zero-order chi connectivity index (χ0) is 25.0. The summed E-state index contributed by atoms with van der Waals surface area (Å²) in [7, 11) is 0. The molecule has 3 aromatic rings. The fourth-order valence-corrected chi connectivity index (χ4v) is 3.75. The molecule has 0 aliphatic carbocycles. The van der Waals surface area contributed by atoms with Crippen LogP contribution in [0.4, 0.5) is 34.1 Å². The monoisotopic (exact) mass is 476 g/mol. The number of aromatic hydroxyl groups is 2. The van der Waals surface area contributed by atoms with Gasteiger partial charge in [-0.3, -0.25) is 0 Å². The van der Waals surface area contributed by atoms with Crippen LogP contribution in [-0.2, 0) is 0 Å². The van der Waals surface area contributed by atoms with Crippen LogP contribution in [0.15, 0.2) is 61.2 Å². The van der Waals surface area contributed by atoms with E-state index in [4.69, 9.17) is 5.11 Å². The van der Waals surface area contributed by atoms with Crippen molar-refractivity contribution < 1.29 is 15.3 Å². The van der Waals surface area contributed by atoms with Gasteiger partial charge < -0.3 is 36.6 Å². The van der Waals surface area contributed by atoms with Crippen molar-refractivity contribution in [2.45, 2.75) is 32.6 Å². The second kappa shape index (κ2) is 13.2. The van der Waals surface area contributed by atoms with Crippen LogP contribution in [0.25, 0.3) is 6.08 Å². The van der Waals surface area contributed by atoms with Crippen molar-refractivity contribution >= 4 is 40.2 Å². The molecule has 0 aromatic heterocycles. The lowest BCUT2D eigenvalue weighted by Crippen LogP contribution is -2.02. The zero-order valence-corrected chi connectivity index (χ0v) is 20.3. The number of phenolic OH excluding ortho intramolecular Hbond substituents is 2. The van der Waals surface area contributed by atoms with Crippen LogP contribution < -0.4 is 21.3 Å². The Kier molecular flexibility index (Phi) is 9.69. The number of phenols is 2. The van der Waals surface area contributed by atoms with Gasteiger partial charge in [0.05, 0.1) is 16.9 Å². The summed E-state index contributed by atoms with van der Waals surface area (Å²) in [6.07, 6.45) is 5.48. The summed E-state index contributed by atoms with van der Waals surface area (Å²) in [5.41, 5.74) is 4.80. The van der Waals surface area contributed by atoms with Gasteiger partial charge in [0.1, 0.15) is 11.5 Å². The normalized spacial score (nSPS) is 10.6. The molecule has 0 saturated carbocycles. The van der Waals surface area contributed by atoms with Crippen LogP contribution in [0.2, 0.25) is 0 Å². The van der Waals surface area contributed by atoms with Gasteiger partial charge in [-0.2, -0.15) is 0 Å². The lowest BCUT2D eigenvalue weighted by molar-refractivity contribution is 0.283. The maximum Gasteiger partial charge on any atom is 0.150 e. The van der Waals surface area contributed by atoms with Gasteiger partial charge in [-0.25, -0.2) is 0 Å². The highest BCUT2D eigenvalue weighted by molar-refractivity contribution is 5.85. The van der Waals surface area contributed by atoms with Crippen LogP contribution in [0.5, 0.6) is 11.5 Å². The molecule has 0 unspecified atom stereocenters. The molecule has 0 aliphatic rings. The van der Waals surface area contributed by atoms with Crippen LogP contribution >= 0.6 is 0 Å². The zero-order valence-electron chi connectivity index (χ0n) is 20.3. The number of hydrogen-bond donors (Lipinski definition) is 7. The Hall–Kier alpha value is -3.84. The number of aliphatic hydroxyl groups is 1. The minimum absolute atomic E-state index is 0.0719. The molecule has 7 heteroatoms. The molecule has 0 atom stereocenters. The predicted molar refractivity (Wildman–Crippen MR) is 148 cm³/mol. The van der Waals surface area contributed by atoms with E-state index >= 15 is 0 Å². The number of anilines is 6. The van der Waals surface area contributed by atoms with Gasteiger partial charge in [-0.05, 0) is 74.4 Å². The van der Waals surface area contributed by atoms with E-state index in [1.165, 1.54) is 6.08 Å². The Morgan fingerprint density at radius 2 is 1.20 bits per heavy atom. The van der Waals surface area contributed by atoms with Gasteiger partial charge in [0, 0.05) is 42.4 Å². The molecule has 7 nitrogen and oxygen atoms in total. The summed E-state index contributed by atoms with van der Waals surface area (Å²) >= 11 is 0. The summed E-state index contributed by atoms with van der Waals surface area (Å²) < 4.78 is 0. The van der Waals surface area contributed by atoms with Crippen molar-refractivity contribution in [3.63, 3.8) is 0 Å². The first-order valence-electron chi connectivity index (χ1n) is 12.1. The van der Waals surface area contributed by atoms with E-state index in [1.54, 1.807) is 6.07 Å². The van der Waals surface area contributed by atoms with E-state index in [2.05, 4.69) is 27.8 Å². The third kappa shape index (κ3) is 7.32. The maximum absolute atomic E-state index is 10.7. The highest BCUT2D eigenvalue weighted by atomic mass is 16.3. The summed E-state index contributed by atoms with van der Waals surface area (Å²) in [4.78, 5) is 0. The van der Waals surface area contributed by atoms with Crippen LogP contribution in [0.1, 0.15) is 38.2 Å². The molecule has 0 spiro atoms. The number of benzene rings is 3. The standard InChI is InChI=1S/C28H36N4O3/c1-3-24-27(34)25(31-22-13-9-20(10-14-22)29-4-2)19-26(28(24)35)32-23-15-11-21(12-16-23)30-17-7-5-6-8-18-33/h3,9-16,19,29-35H,1,4-8,17-18H2,2H3. The molecule has 0 bridgehead atoms. The molecule has 0 aliphatic heterocycles. The average molecular weight is 477 g/mol. The lowest BCUT2D eigenvalue weighted by Gasteiger charge is -2.17. The first kappa shape index (κ1) is 25.8. The Bertz CT molecular complexity index is 1080. The molecular formula is C28H36N4O3. The lowest BCUT2D eigenvalue weighted by atomic mass is 10.1. The Morgan fingerprint density at radius 3 is 1.69 bits per heavy atom. The Balaban J connectivity index is 1.70.